The summed E-state index contributed by atoms with van der Waals surface area (Å²) in [6, 6.07) is 5.10. The molecule has 2 amide bonds. The monoisotopic (exact) mass is 349 g/mol. The van der Waals surface area contributed by atoms with Crippen LogP contribution in [-0.2, 0) is 4.79 Å². The number of benzene rings is 1. The van der Waals surface area contributed by atoms with Crippen molar-refractivity contribution in [3.05, 3.63) is 23.8 Å². The molecule has 1 N–H and O–H groups in total. The van der Waals surface area contributed by atoms with Gasteiger partial charge in [0, 0.05) is 38.8 Å². The van der Waals surface area contributed by atoms with Crippen molar-refractivity contribution in [1.82, 2.24) is 15.1 Å². The summed E-state index contributed by atoms with van der Waals surface area (Å²) in [5.41, 5.74) is 0.475. The van der Waals surface area contributed by atoms with E-state index in [1.807, 2.05) is 13.8 Å². The lowest BCUT2D eigenvalue weighted by atomic mass is 10.1. The molecule has 0 spiro atoms. The number of likely N-dealkylation sites (N-methyl/N-ethyl adjacent to an activating group) is 1. The average molecular weight is 349 g/mol. The first kappa shape index (κ1) is 19.1. The Morgan fingerprint density at radius 1 is 1.12 bits per heavy atom. The van der Waals surface area contributed by atoms with Crippen LogP contribution >= 0.6 is 0 Å². The predicted molar refractivity (Wildman–Crippen MR) is 95.2 cm³/mol. The lowest BCUT2D eigenvalue weighted by Crippen LogP contribution is -2.49. The van der Waals surface area contributed by atoms with Gasteiger partial charge in [-0.15, -0.1) is 0 Å². The molecule has 0 aromatic heterocycles. The van der Waals surface area contributed by atoms with Crippen molar-refractivity contribution in [2.75, 3.05) is 53.0 Å². The molecule has 1 aliphatic heterocycles. The molecule has 1 fully saturated rings. The van der Waals surface area contributed by atoms with Crippen molar-refractivity contribution in [1.29, 1.82) is 0 Å². The van der Waals surface area contributed by atoms with Crippen LogP contribution in [0.2, 0.25) is 0 Å². The van der Waals surface area contributed by atoms with Crippen LogP contribution in [0.25, 0.3) is 0 Å². The molecule has 1 heterocycles. The fourth-order valence-electron chi connectivity index (χ4n) is 2.69. The highest BCUT2D eigenvalue weighted by Gasteiger charge is 2.21. The summed E-state index contributed by atoms with van der Waals surface area (Å²) < 4.78 is 11.1. The Bertz CT molecular complexity index is 600. The molecule has 0 saturated carbocycles. The molecule has 1 aromatic carbocycles. The highest BCUT2D eigenvalue weighted by Crippen LogP contribution is 2.29. The summed E-state index contributed by atoms with van der Waals surface area (Å²) in [4.78, 5) is 28.2. The van der Waals surface area contributed by atoms with Crippen LogP contribution in [0.3, 0.4) is 0 Å². The van der Waals surface area contributed by atoms with Gasteiger partial charge in [0.25, 0.3) is 5.91 Å². The van der Waals surface area contributed by atoms with E-state index in [9.17, 15) is 9.59 Å². The summed E-state index contributed by atoms with van der Waals surface area (Å²) in [7, 11) is 1.64. The van der Waals surface area contributed by atoms with Gasteiger partial charge in [0.05, 0.1) is 19.8 Å². The van der Waals surface area contributed by atoms with Crippen molar-refractivity contribution in [3.8, 4) is 11.5 Å². The Labute approximate surface area is 148 Å². The van der Waals surface area contributed by atoms with Crippen LogP contribution in [0, 0.1) is 0 Å². The van der Waals surface area contributed by atoms with Crippen LogP contribution in [0.5, 0.6) is 11.5 Å². The van der Waals surface area contributed by atoms with E-state index in [2.05, 4.69) is 5.32 Å². The zero-order valence-corrected chi connectivity index (χ0v) is 15.2. The zero-order chi connectivity index (χ0) is 18.2. The number of nitrogens with zero attached hydrogens (tertiary/aromatic N) is 2. The molecular formula is C18H27N3O4. The van der Waals surface area contributed by atoms with E-state index in [-0.39, 0.29) is 18.4 Å². The summed E-state index contributed by atoms with van der Waals surface area (Å²) in [5.74, 6) is 0.901. The maximum Gasteiger partial charge on any atom is 0.254 e. The molecule has 1 saturated heterocycles. The van der Waals surface area contributed by atoms with E-state index in [0.717, 1.165) is 13.1 Å². The fraction of sp³-hybridized carbons (Fsp3) is 0.556. The van der Waals surface area contributed by atoms with Crippen LogP contribution < -0.4 is 14.8 Å². The van der Waals surface area contributed by atoms with Gasteiger partial charge in [0.15, 0.2) is 11.5 Å². The third-order valence-corrected chi connectivity index (χ3v) is 3.98. The van der Waals surface area contributed by atoms with Crippen LogP contribution in [0.15, 0.2) is 18.2 Å². The molecule has 7 heteroatoms. The second-order valence-corrected chi connectivity index (χ2v) is 5.82. The van der Waals surface area contributed by atoms with E-state index >= 15 is 0 Å². The smallest absolute Gasteiger partial charge is 0.254 e. The molecule has 0 bridgehead atoms. The van der Waals surface area contributed by atoms with Gasteiger partial charge in [-0.3, -0.25) is 9.59 Å². The molecule has 1 aliphatic rings. The van der Waals surface area contributed by atoms with Gasteiger partial charge >= 0.3 is 0 Å². The lowest BCUT2D eigenvalue weighted by Gasteiger charge is -2.29. The second-order valence-electron chi connectivity index (χ2n) is 5.82. The van der Waals surface area contributed by atoms with Crippen molar-refractivity contribution < 1.29 is 19.1 Å². The quantitative estimate of drug-likeness (QED) is 0.795. The van der Waals surface area contributed by atoms with Crippen molar-refractivity contribution in [2.45, 2.75) is 13.8 Å². The number of nitrogens with one attached hydrogen (secondary N) is 1. The van der Waals surface area contributed by atoms with E-state index in [1.54, 1.807) is 30.1 Å². The molecule has 0 radical (unpaired) electrons. The molecule has 2 rings (SSSR count). The Kier molecular flexibility index (Phi) is 7.06. The number of piperazine rings is 1. The molecule has 7 nitrogen and oxygen atoms in total. The Balaban J connectivity index is 2.05. The molecule has 138 valence electrons. The fourth-order valence-corrected chi connectivity index (χ4v) is 2.69. The Morgan fingerprint density at radius 2 is 1.76 bits per heavy atom. The SMILES string of the molecule is CCOc1ccc(C(=O)N(C)CC(=O)N2CCNCC2)cc1OCC. The van der Waals surface area contributed by atoms with E-state index in [0.29, 0.717) is 43.4 Å². The van der Waals surface area contributed by atoms with Gasteiger partial charge in [-0.1, -0.05) is 0 Å². The number of rotatable bonds is 7. The average Bonchev–Trinajstić information content (AvgIpc) is 2.63. The Hall–Kier alpha value is -2.28. The molecule has 25 heavy (non-hydrogen) atoms. The van der Waals surface area contributed by atoms with Gasteiger partial charge in [0.1, 0.15) is 0 Å². The summed E-state index contributed by atoms with van der Waals surface area (Å²) in [6.07, 6.45) is 0. The molecule has 0 atom stereocenters. The van der Waals surface area contributed by atoms with E-state index in [4.69, 9.17) is 9.47 Å². The summed E-state index contributed by atoms with van der Waals surface area (Å²) in [6.45, 7) is 7.78. The van der Waals surface area contributed by atoms with Gasteiger partial charge in [-0.25, -0.2) is 0 Å². The predicted octanol–water partition coefficient (Wildman–Crippen LogP) is 0.988. The number of amides is 2. The van der Waals surface area contributed by atoms with Crippen molar-refractivity contribution >= 4 is 11.8 Å². The number of ether oxygens (including phenoxy) is 2. The first-order valence-electron chi connectivity index (χ1n) is 8.70. The number of hydrogen-bond donors (Lipinski definition) is 1. The molecule has 0 aliphatic carbocycles. The first-order chi connectivity index (χ1) is 12.1. The number of hydrogen-bond acceptors (Lipinski definition) is 5. The Morgan fingerprint density at radius 3 is 2.40 bits per heavy atom. The third kappa shape index (κ3) is 5.09. The van der Waals surface area contributed by atoms with Crippen LogP contribution in [0.4, 0.5) is 0 Å². The summed E-state index contributed by atoms with van der Waals surface area (Å²) >= 11 is 0. The molecule has 1 aromatic rings. The second kappa shape index (κ2) is 9.27. The third-order valence-electron chi connectivity index (χ3n) is 3.98. The number of carbonyl (C=O) groups is 2. The normalized spacial score (nSPS) is 14.1. The topological polar surface area (TPSA) is 71.1 Å². The van der Waals surface area contributed by atoms with Crippen molar-refractivity contribution in [3.63, 3.8) is 0 Å². The van der Waals surface area contributed by atoms with E-state index in [1.165, 1.54) is 4.90 Å². The van der Waals surface area contributed by atoms with Gasteiger partial charge in [-0.05, 0) is 32.0 Å². The standard InChI is InChI=1S/C18H27N3O4/c1-4-24-15-7-6-14(12-16(15)25-5-2)18(23)20(3)13-17(22)21-10-8-19-9-11-21/h6-7,12,19H,4-5,8-11,13H2,1-3H3. The lowest BCUT2D eigenvalue weighted by molar-refractivity contribution is -0.132. The zero-order valence-electron chi connectivity index (χ0n) is 15.2. The number of carbonyl (C=O) groups excluding carboxylic acids is 2. The van der Waals surface area contributed by atoms with Crippen molar-refractivity contribution in [2.24, 2.45) is 0 Å². The van der Waals surface area contributed by atoms with Gasteiger partial charge in [0.2, 0.25) is 5.91 Å². The van der Waals surface area contributed by atoms with E-state index < -0.39 is 0 Å². The summed E-state index contributed by atoms with van der Waals surface area (Å²) in [5, 5.41) is 3.21. The van der Waals surface area contributed by atoms with Crippen LogP contribution in [-0.4, -0.2) is 74.6 Å². The minimum absolute atomic E-state index is 0.0340. The maximum absolute atomic E-state index is 12.6. The minimum Gasteiger partial charge on any atom is -0.490 e. The van der Waals surface area contributed by atoms with Crippen LogP contribution in [0.1, 0.15) is 24.2 Å². The maximum atomic E-state index is 12.6. The van der Waals surface area contributed by atoms with Gasteiger partial charge in [-0.2, -0.15) is 0 Å². The molecule has 0 unspecified atom stereocenters. The highest BCUT2D eigenvalue weighted by atomic mass is 16.5. The van der Waals surface area contributed by atoms with Gasteiger partial charge < -0.3 is 24.6 Å². The minimum atomic E-state index is -0.215. The molecular weight excluding hydrogens is 322 g/mol. The first-order valence-corrected chi connectivity index (χ1v) is 8.70. The largest absolute Gasteiger partial charge is 0.490 e. The highest BCUT2D eigenvalue weighted by molar-refractivity contribution is 5.97.